The van der Waals surface area contributed by atoms with Crippen LogP contribution in [0.4, 0.5) is 26.3 Å². The van der Waals surface area contributed by atoms with Crippen LogP contribution in [0.1, 0.15) is 28.6 Å². The number of alkyl halides is 6. The number of aliphatic carboxylic acids is 2. The summed E-state index contributed by atoms with van der Waals surface area (Å²) in [5.74, 6) is -4.31. The summed E-state index contributed by atoms with van der Waals surface area (Å²) in [7, 11) is 3.74. The van der Waals surface area contributed by atoms with Crippen molar-refractivity contribution in [1.82, 2.24) is 19.8 Å². The Morgan fingerprint density at radius 1 is 1.18 bits per heavy atom. The van der Waals surface area contributed by atoms with Gasteiger partial charge >= 0.3 is 24.3 Å². The number of fused-ring (bicyclic) bond motifs is 1. The van der Waals surface area contributed by atoms with Gasteiger partial charge in [0, 0.05) is 57.0 Å². The van der Waals surface area contributed by atoms with Crippen LogP contribution in [-0.2, 0) is 34.5 Å². The Morgan fingerprint density at radius 3 is 2.12 bits per heavy atom. The molecular weight excluding hydrogens is 482 g/mol. The maximum Gasteiger partial charge on any atom is 0.490 e. The van der Waals surface area contributed by atoms with Gasteiger partial charge in [-0.1, -0.05) is 5.16 Å². The van der Waals surface area contributed by atoms with Crippen LogP contribution in [0.15, 0.2) is 16.8 Å². The first-order valence-electron chi connectivity index (χ1n) is 9.30. The number of rotatable bonds is 4. The fraction of sp³-hybridized carbons (Fsp3) is 0.556. The topological polar surface area (TPSA) is 131 Å². The van der Waals surface area contributed by atoms with Crippen molar-refractivity contribution >= 4 is 11.9 Å². The average molecular weight is 504 g/mol. The van der Waals surface area contributed by atoms with E-state index in [1.807, 2.05) is 30.9 Å². The molecule has 0 aromatic carbocycles. The van der Waals surface area contributed by atoms with Gasteiger partial charge in [0.05, 0.1) is 18.5 Å². The highest BCUT2D eigenvalue weighted by atomic mass is 19.4. The van der Waals surface area contributed by atoms with E-state index in [0.29, 0.717) is 12.5 Å². The second kappa shape index (κ2) is 11.8. The van der Waals surface area contributed by atoms with E-state index in [0.717, 1.165) is 31.1 Å². The first-order chi connectivity index (χ1) is 15.6. The van der Waals surface area contributed by atoms with E-state index in [9.17, 15) is 26.3 Å². The molecule has 0 saturated heterocycles. The minimum absolute atomic E-state index is 0.351. The van der Waals surface area contributed by atoms with Crippen molar-refractivity contribution < 1.29 is 55.4 Å². The normalized spacial score (nSPS) is 16.0. The number of hydrogen-bond acceptors (Lipinski definition) is 7. The van der Waals surface area contributed by atoms with Gasteiger partial charge in [0.1, 0.15) is 5.76 Å². The SMILES string of the molecule is COCC1CN(Cc2cc(C)on2)Cc2cnn(C)c21.O=C(O)C(F)(F)F.O=C(O)C(F)(F)F. The van der Waals surface area contributed by atoms with Crippen molar-refractivity contribution in [2.75, 3.05) is 20.3 Å². The van der Waals surface area contributed by atoms with E-state index in [2.05, 4.69) is 15.2 Å². The maximum atomic E-state index is 10.6. The van der Waals surface area contributed by atoms with Crippen LogP contribution in [0.3, 0.4) is 0 Å². The summed E-state index contributed by atoms with van der Waals surface area (Å²) in [5.41, 5.74) is 3.55. The van der Waals surface area contributed by atoms with Gasteiger partial charge in [-0.15, -0.1) is 0 Å². The van der Waals surface area contributed by atoms with Crippen LogP contribution in [0.25, 0.3) is 0 Å². The third-order valence-electron chi connectivity index (χ3n) is 4.24. The zero-order valence-electron chi connectivity index (χ0n) is 18.1. The molecule has 2 aromatic rings. The minimum atomic E-state index is -5.08. The Morgan fingerprint density at radius 2 is 1.71 bits per heavy atom. The Balaban J connectivity index is 0.000000343. The van der Waals surface area contributed by atoms with E-state index in [1.165, 1.54) is 11.3 Å². The molecule has 3 heterocycles. The van der Waals surface area contributed by atoms with E-state index in [-0.39, 0.29) is 0 Å². The molecule has 192 valence electrons. The molecule has 0 fully saturated rings. The lowest BCUT2D eigenvalue weighted by atomic mass is 9.97. The van der Waals surface area contributed by atoms with Gasteiger partial charge in [0.2, 0.25) is 0 Å². The fourth-order valence-corrected chi connectivity index (χ4v) is 3.02. The molecule has 1 unspecified atom stereocenters. The van der Waals surface area contributed by atoms with Gasteiger partial charge in [-0.05, 0) is 6.92 Å². The molecule has 0 amide bonds. The zero-order valence-corrected chi connectivity index (χ0v) is 18.1. The molecule has 0 saturated carbocycles. The smallest absolute Gasteiger partial charge is 0.475 e. The number of carboxylic acids is 2. The van der Waals surface area contributed by atoms with Crippen molar-refractivity contribution in [1.29, 1.82) is 0 Å². The standard InChI is InChI=1S/C14H20N4O2.2C2HF3O2/c1-10-4-13(16-20-10)8-18-6-11-5-15-17(2)14(11)12(7-18)9-19-3;2*3-2(4,5)1(6)7/h4-5,12H,6-9H2,1-3H3;2*(H,6,7). The minimum Gasteiger partial charge on any atom is -0.475 e. The predicted octanol–water partition coefficient (Wildman–Crippen LogP) is 2.73. The molecule has 10 nitrogen and oxygen atoms in total. The van der Waals surface area contributed by atoms with Gasteiger partial charge in [0.15, 0.2) is 0 Å². The van der Waals surface area contributed by atoms with Gasteiger partial charge in [-0.25, -0.2) is 9.59 Å². The van der Waals surface area contributed by atoms with Crippen molar-refractivity contribution in [2.45, 2.75) is 38.3 Å². The largest absolute Gasteiger partial charge is 0.490 e. The molecule has 1 atom stereocenters. The van der Waals surface area contributed by atoms with Gasteiger partial charge in [0.25, 0.3) is 0 Å². The molecule has 34 heavy (non-hydrogen) atoms. The van der Waals surface area contributed by atoms with Crippen molar-refractivity contribution in [3.63, 3.8) is 0 Å². The highest BCUT2D eigenvalue weighted by Gasteiger charge is 2.38. The van der Waals surface area contributed by atoms with E-state index in [4.69, 9.17) is 29.1 Å². The monoisotopic (exact) mass is 504 g/mol. The number of carboxylic acid groups (broad SMARTS) is 2. The molecule has 1 aliphatic heterocycles. The lowest BCUT2D eigenvalue weighted by molar-refractivity contribution is -0.193. The Labute approximate surface area is 188 Å². The second-order valence-electron chi connectivity index (χ2n) is 7.04. The molecule has 1 aliphatic rings. The third kappa shape index (κ3) is 9.01. The van der Waals surface area contributed by atoms with Gasteiger partial charge in [-0.3, -0.25) is 9.58 Å². The van der Waals surface area contributed by atoms with E-state index in [1.54, 1.807) is 7.11 Å². The lowest BCUT2D eigenvalue weighted by Crippen LogP contribution is -2.35. The molecule has 0 spiro atoms. The van der Waals surface area contributed by atoms with Gasteiger partial charge < -0.3 is 19.5 Å². The summed E-state index contributed by atoms with van der Waals surface area (Å²) in [6.07, 6.45) is -8.21. The molecule has 2 N–H and O–H groups in total. The highest BCUT2D eigenvalue weighted by molar-refractivity contribution is 5.73. The summed E-state index contributed by atoms with van der Waals surface area (Å²) in [6.45, 7) is 5.27. The summed E-state index contributed by atoms with van der Waals surface area (Å²) in [5, 5.41) is 22.7. The van der Waals surface area contributed by atoms with Crippen LogP contribution in [-0.4, -0.2) is 74.6 Å². The number of halogens is 6. The average Bonchev–Trinajstić information content (AvgIpc) is 3.27. The second-order valence-corrected chi connectivity index (χ2v) is 7.04. The van der Waals surface area contributed by atoms with E-state index < -0.39 is 24.3 Å². The molecular formula is C18H22F6N4O6. The highest BCUT2D eigenvalue weighted by Crippen LogP contribution is 2.29. The number of aryl methyl sites for hydroxylation is 2. The molecule has 0 radical (unpaired) electrons. The number of methoxy groups -OCH3 is 1. The van der Waals surface area contributed by atoms with Crippen LogP contribution in [0.5, 0.6) is 0 Å². The zero-order chi connectivity index (χ0) is 26.3. The van der Waals surface area contributed by atoms with Crippen molar-refractivity contribution in [3.05, 3.63) is 35.0 Å². The third-order valence-corrected chi connectivity index (χ3v) is 4.24. The molecule has 0 aliphatic carbocycles. The maximum absolute atomic E-state index is 10.6. The summed E-state index contributed by atoms with van der Waals surface area (Å²) in [4.78, 5) is 20.2. The molecule has 3 rings (SSSR count). The Bertz CT molecular complexity index is 932. The van der Waals surface area contributed by atoms with Gasteiger partial charge in [-0.2, -0.15) is 31.4 Å². The Kier molecular flexibility index (Phi) is 10.0. The molecule has 2 aromatic heterocycles. The molecule has 16 heteroatoms. The lowest BCUT2D eigenvalue weighted by Gasteiger charge is -2.32. The van der Waals surface area contributed by atoms with Crippen LogP contribution in [0.2, 0.25) is 0 Å². The quantitative estimate of drug-likeness (QED) is 0.604. The van der Waals surface area contributed by atoms with E-state index >= 15 is 0 Å². The number of hydrogen-bond donors (Lipinski definition) is 2. The number of nitrogens with zero attached hydrogens (tertiary/aromatic N) is 4. The number of carbonyl (C=O) groups is 2. The number of aromatic nitrogens is 3. The van der Waals surface area contributed by atoms with Crippen LogP contribution < -0.4 is 0 Å². The first-order valence-corrected chi connectivity index (χ1v) is 9.30. The predicted molar refractivity (Wildman–Crippen MR) is 101 cm³/mol. The first kappa shape index (κ1) is 28.9. The summed E-state index contributed by atoms with van der Waals surface area (Å²) in [6, 6.07) is 1.99. The molecule has 0 bridgehead atoms. The summed E-state index contributed by atoms with van der Waals surface area (Å²) >= 11 is 0. The fourth-order valence-electron chi connectivity index (χ4n) is 3.02. The summed E-state index contributed by atoms with van der Waals surface area (Å²) < 4.78 is 75.9. The number of ether oxygens (including phenoxy) is 1. The van der Waals surface area contributed by atoms with Crippen LogP contribution in [0, 0.1) is 6.92 Å². The van der Waals surface area contributed by atoms with Crippen molar-refractivity contribution in [3.8, 4) is 0 Å². The van der Waals surface area contributed by atoms with Crippen molar-refractivity contribution in [2.24, 2.45) is 7.05 Å². The Hall–Kier alpha value is -3.14. The van der Waals surface area contributed by atoms with Crippen LogP contribution >= 0.6 is 0 Å².